The van der Waals surface area contributed by atoms with E-state index in [4.69, 9.17) is 0 Å². The van der Waals surface area contributed by atoms with Gasteiger partial charge in [-0.15, -0.1) is 0 Å². The fraction of sp³-hybridized carbons (Fsp3) is 0.500. The average Bonchev–Trinajstić information content (AvgIpc) is 2.33. The van der Waals surface area contributed by atoms with E-state index in [0.717, 1.165) is 12.6 Å². The van der Waals surface area contributed by atoms with Crippen molar-refractivity contribution in [1.29, 1.82) is 0 Å². The van der Waals surface area contributed by atoms with Crippen molar-refractivity contribution in [2.24, 2.45) is 0 Å². The molecule has 1 atom stereocenters. The van der Waals surface area contributed by atoms with Crippen molar-refractivity contribution in [3.8, 4) is 0 Å². The molecule has 48 valence electrons. The van der Waals surface area contributed by atoms with Crippen molar-refractivity contribution < 1.29 is 0 Å². The third-order valence-electron chi connectivity index (χ3n) is 2.07. The normalized spacial score (nSPS) is 31.1. The van der Waals surface area contributed by atoms with Gasteiger partial charge in [0.25, 0.3) is 0 Å². The molecule has 2 rings (SSSR count). The van der Waals surface area contributed by atoms with Gasteiger partial charge in [0.1, 0.15) is 0 Å². The summed E-state index contributed by atoms with van der Waals surface area (Å²) in [5.74, 6) is 0. The molecular formula is C8H11N. The first-order valence-corrected chi connectivity index (χ1v) is 3.54. The van der Waals surface area contributed by atoms with E-state index in [9.17, 15) is 0 Å². The highest BCUT2D eigenvalue weighted by Crippen LogP contribution is 2.20. The second-order valence-electron chi connectivity index (χ2n) is 2.68. The van der Waals surface area contributed by atoms with Crippen molar-refractivity contribution in [3.63, 3.8) is 0 Å². The van der Waals surface area contributed by atoms with Gasteiger partial charge in [0.05, 0.1) is 0 Å². The molecule has 1 heteroatoms. The van der Waals surface area contributed by atoms with Gasteiger partial charge >= 0.3 is 0 Å². The highest BCUT2D eigenvalue weighted by molar-refractivity contribution is 5.07. The summed E-state index contributed by atoms with van der Waals surface area (Å²) in [4.78, 5) is 2.40. The van der Waals surface area contributed by atoms with Crippen LogP contribution in [0, 0.1) is 0 Å². The average molecular weight is 121 g/mol. The molecular weight excluding hydrogens is 110 g/mol. The van der Waals surface area contributed by atoms with Gasteiger partial charge in [0.2, 0.25) is 0 Å². The van der Waals surface area contributed by atoms with Gasteiger partial charge in [-0.25, -0.2) is 0 Å². The Morgan fingerprint density at radius 2 is 2.00 bits per heavy atom. The van der Waals surface area contributed by atoms with Crippen LogP contribution < -0.4 is 0 Å². The monoisotopic (exact) mass is 121 g/mol. The van der Waals surface area contributed by atoms with Gasteiger partial charge in [-0.2, -0.15) is 0 Å². The first-order valence-electron chi connectivity index (χ1n) is 3.54. The molecule has 0 fully saturated rings. The fourth-order valence-electron chi connectivity index (χ4n) is 1.50. The van der Waals surface area contributed by atoms with Crippen LogP contribution in [0.15, 0.2) is 24.4 Å². The summed E-state index contributed by atoms with van der Waals surface area (Å²) in [6.45, 7) is 1.13. The Morgan fingerprint density at radius 3 is 2.89 bits per heavy atom. The Morgan fingerprint density at radius 1 is 1.11 bits per heavy atom. The lowest BCUT2D eigenvalue weighted by molar-refractivity contribution is 0.317. The topological polar surface area (TPSA) is 3.24 Å². The molecule has 0 aromatic heterocycles. The Balaban J connectivity index is 2.13. The summed E-state index contributed by atoms with van der Waals surface area (Å²) in [7, 11) is 0. The van der Waals surface area contributed by atoms with Crippen LogP contribution in [0.4, 0.5) is 0 Å². The van der Waals surface area contributed by atoms with Crippen molar-refractivity contribution in [1.82, 2.24) is 4.90 Å². The van der Waals surface area contributed by atoms with Gasteiger partial charge in [-0.1, -0.05) is 18.2 Å². The van der Waals surface area contributed by atoms with E-state index < -0.39 is 0 Å². The smallest absolute Gasteiger partial charge is 0.0357 e. The highest BCUT2D eigenvalue weighted by atomic mass is 15.1. The molecule has 0 bridgehead atoms. The van der Waals surface area contributed by atoms with Crippen molar-refractivity contribution in [2.75, 3.05) is 6.54 Å². The Labute approximate surface area is 55.7 Å². The molecule has 0 spiro atoms. The van der Waals surface area contributed by atoms with E-state index in [1.54, 1.807) is 0 Å². The largest absolute Gasteiger partial charge is 0.370 e. The van der Waals surface area contributed by atoms with Crippen molar-refractivity contribution >= 4 is 0 Å². The van der Waals surface area contributed by atoms with Gasteiger partial charge in [0, 0.05) is 12.6 Å². The van der Waals surface area contributed by atoms with Crippen LogP contribution in [-0.4, -0.2) is 17.5 Å². The molecule has 2 heterocycles. The van der Waals surface area contributed by atoms with E-state index in [-0.39, 0.29) is 0 Å². The Kier molecular flexibility index (Phi) is 1.08. The van der Waals surface area contributed by atoms with Crippen LogP contribution in [0.3, 0.4) is 0 Å². The highest BCUT2D eigenvalue weighted by Gasteiger charge is 2.18. The maximum Gasteiger partial charge on any atom is 0.0357 e. The molecule has 2 aliphatic heterocycles. The minimum atomic E-state index is 0.801. The second-order valence-corrected chi connectivity index (χ2v) is 2.68. The van der Waals surface area contributed by atoms with Crippen LogP contribution >= 0.6 is 0 Å². The number of fused-ring (bicyclic) bond motifs is 1. The molecule has 1 unspecified atom stereocenters. The molecule has 0 N–H and O–H groups in total. The summed E-state index contributed by atoms with van der Waals surface area (Å²) >= 11 is 0. The number of hydrogen-bond acceptors (Lipinski definition) is 1. The minimum Gasteiger partial charge on any atom is -0.370 e. The van der Waals surface area contributed by atoms with Crippen LogP contribution in [0.5, 0.6) is 0 Å². The lowest BCUT2D eigenvalue weighted by Gasteiger charge is -2.26. The maximum atomic E-state index is 2.40. The van der Waals surface area contributed by atoms with Gasteiger partial charge in [-0.3, -0.25) is 0 Å². The van der Waals surface area contributed by atoms with Gasteiger partial charge in [0.15, 0.2) is 0 Å². The zero-order chi connectivity index (χ0) is 6.10. The molecule has 0 amide bonds. The summed E-state index contributed by atoms with van der Waals surface area (Å²) in [6.07, 6.45) is 11.5. The maximum absolute atomic E-state index is 2.40. The van der Waals surface area contributed by atoms with E-state index in [1.807, 2.05) is 0 Å². The van der Waals surface area contributed by atoms with Crippen LogP contribution in [0.25, 0.3) is 0 Å². The predicted octanol–water partition coefficient (Wildman–Crippen LogP) is 1.53. The van der Waals surface area contributed by atoms with Gasteiger partial charge < -0.3 is 4.90 Å². The quantitative estimate of drug-likeness (QED) is 0.439. The van der Waals surface area contributed by atoms with E-state index in [2.05, 4.69) is 29.3 Å². The molecule has 0 saturated heterocycles. The molecule has 0 aliphatic carbocycles. The molecule has 1 nitrogen and oxygen atoms in total. The molecule has 0 saturated carbocycles. The van der Waals surface area contributed by atoms with E-state index >= 15 is 0 Å². The molecule has 0 aromatic carbocycles. The Hall–Kier alpha value is -0.720. The summed E-state index contributed by atoms with van der Waals surface area (Å²) in [5, 5.41) is 0. The summed E-state index contributed by atoms with van der Waals surface area (Å²) < 4.78 is 0. The van der Waals surface area contributed by atoms with Crippen molar-refractivity contribution in [2.45, 2.75) is 18.9 Å². The SMILES string of the molecule is C1=CCN2C=CCC2C1. The zero-order valence-corrected chi connectivity index (χ0v) is 5.46. The number of nitrogens with zero attached hydrogens (tertiary/aromatic N) is 1. The fourth-order valence-corrected chi connectivity index (χ4v) is 1.50. The third-order valence-corrected chi connectivity index (χ3v) is 2.07. The zero-order valence-electron chi connectivity index (χ0n) is 5.46. The molecule has 0 aromatic rings. The molecule has 2 aliphatic rings. The van der Waals surface area contributed by atoms with Gasteiger partial charge in [-0.05, 0) is 19.0 Å². The predicted molar refractivity (Wildman–Crippen MR) is 38.0 cm³/mol. The number of hydrogen-bond donors (Lipinski definition) is 0. The first-order chi connectivity index (χ1) is 4.47. The summed E-state index contributed by atoms with van der Waals surface area (Å²) in [5.41, 5.74) is 0. The van der Waals surface area contributed by atoms with Crippen LogP contribution in [-0.2, 0) is 0 Å². The Bertz CT molecular complexity index is 158. The molecule has 0 radical (unpaired) electrons. The van der Waals surface area contributed by atoms with Crippen molar-refractivity contribution in [3.05, 3.63) is 24.4 Å². The lowest BCUT2D eigenvalue weighted by atomic mass is 10.1. The first kappa shape index (κ1) is 5.10. The van der Waals surface area contributed by atoms with Crippen LogP contribution in [0.2, 0.25) is 0 Å². The van der Waals surface area contributed by atoms with Crippen LogP contribution in [0.1, 0.15) is 12.8 Å². The minimum absolute atomic E-state index is 0.801. The van der Waals surface area contributed by atoms with E-state index in [0.29, 0.717) is 0 Å². The molecule has 9 heavy (non-hydrogen) atoms. The van der Waals surface area contributed by atoms with E-state index in [1.165, 1.54) is 12.8 Å². The summed E-state index contributed by atoms with van der Waals surface area (Å²) in [6, 6.07) is 0.801. The second kappa shape index (κ2) is 1.90. The standard InChI is InChI=1S/C8H11N/c1-2-6-9-7-3-5-8(9)4-1/h1-3,7-8H,4-6H2. The third kappa shape index (κ3) is 0.766. The lowest BCUT2D eigenvalue weighted by Crippen LogP contribution is -2.28. The number of rotatable bonds is 0.